The molecule has 0 amide bonds. The second-order valence-corrected chi connectivity index (χ2v) is 4.40. The molecule has 15 heavy (non-hydrogen) atoms. The van der Waals surface area contributed by atoms with Crippen molar-refractivity contribution < 1.29 is 18.8 Å². The minimum absolute atomic E-state index is 0.0946. The van der Waals surface area contributed by atoms with Crippen LogP contribution < -0.4 is 0 Å². The van der Waals surface area contributed by atoms with Gasteiger partial charge < -0.3 is 9.66 Å². The highest BCUT2D eigenvalue weighted by atomic mass is 79.9. The van der Waals surface area contributed by atoms with Crippen molar-refractivity contribution in [3.8, 4) is 5.75 Å². The maximum absolute atomic E-state index is 10.5. The molecule has 1 atom stereocenters. The van der Waals surface area contributed by atoms with Gasteiger partial charge in [0.2, 0.25) is 5.75 Å². The Kier molecular flexibility index (Phi) is 3.77. The minimum Gasteiger partial charge on any atom is -0.772 e. The van der Waals surface area contributed by atoms with Gasteiger partial charge in [0.15, 0.2) is 0 Å². The predicted molar refractivity (Wildman–Crippen MR) is 55.1 cm³/mol. The van der Waals surface area contributed by atoms with Gasteiger partial charge in [-0.3, -0.25) is 14.3 Å². The van der Waals surface area contributed by atoms with Gasteiger partial charge in [-0.25, -0.2) is 0 Å². The van der Waals surface area contributed by atoms with Crippen LogP contribution in [0, 0.1) is 10.1 Å². The van der Waals surface area contributed by atoms with Crippen molar-refractivity contribution in [2.24, 2.45) is 0 Å². The SMILES string of the molecule is O=[N+]([O-])c1cc(CS(=O)[O-])cc(Br)c1O. The lowest BCUT2D eigenvalue weighted by Crippen LogP contribution is -1.96. The average Bonchev–Trinajstić information content (AvgIpc) is 2.09. The number of rotatable bonds is 3. The molecule has 0 fully saturated rings. The van der Waals surface area contributed by atoms with Crippen LogP contribution in [0.3, 0.4) is 0 Å². The molecule has 0 saturated heterocycles. The van der Waals surface area contributed by atoms with E-state index >= 15 is 0 Å². The topological polar surface area (TPSA) is 104 Å². The van der Waals surface area contributed by atoms with Crippen molar-refractivity contribution in [1.82, 2.24) is 0 Å². The Hall–Kier alpha value is -0.990. The zero-order valence-corrected chi connectivity index (χ0v) is 9.58. The van der Waals surface area contributed by atoms with Crippen LogP contribution in [0.4, 0.5) is 5.69 Å². The Morgan fingerprint density at radius 2 is 2.13 bits per heavy atom. The number of nitro benzene ring substituents is 1. The van der Waals surface area contributed by atoms with Crippen molar-refractivity contribution in [2.75, 3.05) is 0 Å². The molecule has 0 aliphatic heterocycles. The smallest absolute Gasteiger partial charge is 0.312 e. The summed E-state index contributed by atoms with van der Waals surface area (Å²) in [4.78, 5) is 9.70. The fourth-order valence-corrected chi connectivity index (χ4v) is 1.93. The number of benzene rings is 1. The molecule has 0 spiro atoms. The lowest BCUT2D eigenvalue weighted by Gasteiger charge is -2.06. The van der Waals surface area contributed by atoms with E-state index in [1.54, 1.807) is 0 Å². The third-order valence-electron chi connectivity index (χ3n) is 1.58. The molecule has 0 heterocycles. The van der Waals surface area contributed by atoms with Crippen LogP contribution in [0.5, 0.6) is 5.75 Å². The highest BCUT2D eigenvalue weighted by molar-refractivity contribution is 9.10. The van der Waals surface area contributed by atoms with E-state index in [0.717, 1.165) is 6.07 Å². The fraction of sp³-hybridized carbons (Fsp3) is 0.143. The van der Waals surface area contributed by atoms with Crippen molar-refractivity contribution in [3.63, 3.8) is 0 Å². The van der Waals surface area contributed by atoms with Crippen LogP contribution in [0.2, 0.25) is 0 Å². The van der Waals surface area contributed by atoms with Gasteiger partial charge >= 0.3 is 5.69 Å². The van der Waals surface area contributed by atoms with Gasteiger partial charge in [-0.15, -0.1) is 0 Å². The van der Waals surface area contributed by atoms with Gasteiger partial charge in [-0.1, -0.05) is 11.1 Å². The zero-order chi connectivity index (χ0) is 11.6. The molecule has 82 valence electrons. The molecule has 6 nitrogen and oxygen atoms in total. The van der Waals surface area contributed by atoms with Crippen molar-refractivity contribution in [1.29, 1.82) is 0 Å². The summed E-state index contributed by atoms with van der Waals surface area (Å²) < 4.78 is 20.9. The number of nitro groups is 1. The first kappa shape index (κ1) is 12.1. The maximum atomic E-state index is 10.5. The number of phenolic OH excluding ortho intramolecular Hbond substituents is 1. The van der Waals surface area contributed by atoms with Crippen LogP contribution in [-0.4, -0.2) is 18.8 Å². The van der Waals surface area contributed by atoms with Crippen molar-refractivity contribution in [3.05, 3.63) is 32.3 Å². The summed E-state index contributed by atoms with van der Waals surface area (Å²) in [5.74, 6) is -0.847. The molecular formula is C7H5BrNO5S-. The molecule has 0 aliphatic rings. The third kappa shape index (κ3) is 2.98. The van der Waals surface area contributed by atoms with E-state index in [4.69, 9.17) is 0 Å². The van der Waals surface area contributed by atoms with E-state index in [9.17, 15) is 24.0 Å². The number of phenols is 1. The molecule has 1 rings (SSSR count). The molecule has 0 saturated carbocycles. The van der Waals surface area contributed by atoms with E-state index < -0.39 is 27.4 Å². The molecule has 1 N–H and O–H groups in total. The van der Waals surface area contributed by atoms with E-state index in [1.807, 2.05) is 0 Å². The van der Waals surface area contributed by atoms with Crippen LogP contribution in [0.1, 0.15) is 5.56 Å². The standard InChI is InChI=1S/C7H6BrNO5S/c8-5-1-4(3-15(13)14)2-6(7(5)10)9(11)12/h1-2,10H,3H2,(H,13,14)/p-1. The first-order chi connectivity index (χ1) is 6.91. The first-order valence-electron chi connectivity index (χ1n) is 3.63. The highest BCUT2D eigenvalue weighted by Gasteiger charge is 2.17. The van der Waals surface area contributed by atoms with Crippen molar-refractivity contribution >= 4 is 32.7 Å². The van der Waals surface area contributed by atoms with Crippen LogP contribution in [0.15, 0.2) is 16.6 Å². The summed E-state index contributed by atoms with van der Waals surface area (Å²) in [6.07, 6.45) is 0. The number of aromatic hydroxyl groups is 1. The molecule has 8 heteroatoms. The minimum atomic E-state index is -2.33. The van der Waals surface area contributed by atoms with Crippen LogP contribution in [0.25, 0.3) is 0 Å². The third-order valence-corrected chi connectivity index (χ3v) is 2.76. The average molecular weight is 295 g/mol. The maximum Gasteiger partial charge on any atom is 0.312 e. The van der Waals surface area contributed by atoms with Gasteiger partial charge in [0.1, 0.15) is 0 Å². The van der Waals surface area contributed by atoms with E-state index in [0.29, 0.717) is 0 Å². The summed E-state index contributed by atoms with van der Waals surface area (Å²) in [5.41, 5.74) is -0.287. The molecule has 0 radical (unpaired) electrons. The Bertz CT molecular complexity index is 436. The molecule has 0 aromatic heterocycles. The number of hydrogen-bond donors (Lipinski definition) is 1. The van der Waals surface area contributed by atoms with Gasteiger partial charge in [0.25, 0.3) is 0 Å². The quantitative estimate of drug-likeness (QED) is 0.516. The number of hydrogen-bond acceptors (Lipinski definition) is 5. The highest BCUT2D eigenvalue weighted by Crippen LogP contribution is 2.35. The lowest BCUT2D eigenvalue weighted by atomic mass is 10.2. The normalized spacial score (nSPS) is 12.4. The fourth-order valence-electron chi connectivity index (χ4n) is 0.998. The first-order valence-corrected chi connectivity index (χ1v) is 5.67. The number of nitrogens with zero attached hydrogens (tertiary/aromatic N) is 1. The van der Waals surface area contributed by atoms with Crippen molar-refractivity contribution in [2.45, 2.75) is 5.75 Å². The zero-order valence-electron chi connectivity index (χ0n) is 7.18. The Balaban J connectivity index is 3.23. The summed E-state index contributed by atoms with van der Waals surface area (Å²) in [6, 6.07) is 2.34. The van der Waals surface area contributed by atoms with E-state index in [-0.39, 0.29) is 15.8 Å². The summed E-state index contributed by atoms with van der Waals surface area (Å²) in [5, 5.41) is 19.8. The van der Waals surface area contributed by atoms with E-state index in [2.05, 4.69) is 15.9 Å². The molecule has 0 aliphatic carbocycles. The molecule has 1 unspecified atom stereocenters. The van der Waals surface area contributed by atoms with Gasteiger partial charge in [0, 0.05) is 11.8 Å². The molecule has 1 aromatic rings. The van der Waals surface area contributed by atoms with Gasteiger partial charge in [0.05, 0.1) is 9.40 Å². The second-order valence-electron chi connectivity index (χ2n) is 2.65. The van der Waals surface area contributed by atoms with Gasteiger partial charge in [-0.2, -0.15) is 0 Å². The number of halogens is 1. The second kappa shape index (κ2) is 4.69. The summed E-state index contributed by atoms with van der Waals surface area (Å²) in [6.45, 7) is 0. The summed E-state index contributed by atoms with van der Waals surface area (Å²) in [7, 11) is 0. The lowest BCUT2D eigenvalue weighted by molar-refractivity contribution is -0.386. The molecular weight excluding hydrogens is 290 g/mol. The Labute approximate surface area is 95.5 Å². The largest absolute Gasteiger partial charge is 0.772 e. The monoisotopic (exact) mass is 294 g/mol. The summed E-state index contributed by atoms with van der Waals surface area (Å²) >= 11 is 0.572. The Morgan fingerprint density at radius 3 is 2.60 bits per heavy atom. The molecule has 0 bridgehead atoms. The molecule has 1 aromatic carbocycles. The van der Waals surface area contributed by atoms with E-state index in [1.165, 1.54) is 6.07 Å². The predicted octanol–water partition coefficient (Wildman–Crippen LogP) is 1.44. The van der Waals surface area contributed by atoms with Gasteiger partial charge in [-0.05, 0) is 27.6 Å². The van der Waals surface area contributed by atoms with Crippen LogP contribution >= 0.6 is 15.9 Å². The Morgan fingerprint density at radius 1 is 1.53 bits per heavy atom. The van der Waals surface area contributed by atoms with Crippen LogP contribution in [-0.2, 0) is 16.8 Å².